The van der Waals surface area contributed by atoms with Crippen molar-refractivity contribution in [1.29, 1.82) is 0 Å². The van der Waals surface area contributed by atoms with Crippen molar-refractivity contribution in [1.82, 2.24) is 9.97 Å². The Morgan fingerprint density at radius 1 is 1.16 bits per heavy atom. The van der Waals surface area contributed by atoms with E-state index in [4.69, 9.17) is 11.6 Å². The molecule has 1 unspecified atom stereocenters. The van der Waals surface area contributed by atoms with Gasteiger partial charge in [-0.2, -0.15) is 0 Å². The fourth-order valence-electron chi connectivity index (χ4n) is 2.21. The molecule has 102 valence electrons. The Morgan fingerprint density at radius 2 is 1.84 bits per heavy atom. The lowest BCUT2D eigenvalue weighted by Crippen LogP contribution is -2.23. The summed E-state index contributed by atoms with van der Waals surface area (Å²) in [6.07, 6.45) is 3.98. The van der Waals surface area contributed by atoms with Gasteiger partial charge in [0.2, 0.25) is 0 Å². The first kappa shape index (κ1) is 14.1. The van der Waals surface area contributed by atoms with E-state index in [-0.39, 0.29) is 5.38 Å². The fourth-order valence-corrected chi connectivity index (χ4v) is 2.64. The summed E-state index contributed by atoms with van der Waals surface area (Å²) in [5, 5.41) is 3.41. The highest BCUT2D eigenvalue weighted by atomic mass is 35.5. The minimum absolute atomic E-state index is 0.128. The summed E-state index contributed by atoms with van der Waals surface area (Å²) in [6, 6.07) is 7.86. The van der Waals surface area contributed by atoms with Crippen molar-refractivity contribution < 1.29 is 0 Å². The van der Waals surface area contributed by atoms with E-state index in [0.717, 1.165) is 36.2 Å². The Labute approximate surface area is 119 Å². The smallest absolute Gasteiger partial charge is 0.145 e. The normalized spacial score (nSPS) is 12.8. The number of anilines is 1. The second-order valence-corrected chi connectivity index (χ2v) is 5.28. The fraction of sp³-hybridized carbons (Fsp3) is 0.467. The van der Waals surface area contributed by atoms with Crippen LogP contribution < -0.4 is 5.32 Å². The van der Waals surface area contributed by atoms with Gasteiger partial charge in [0.05, 0.1) is 22.6 Å². The van der Waals surface area contributed by atoms with Crippen molar-refractivity contribution in [3.8, 4) is 0 Å². The third-order valence-corrected chi connectivity index (χ3v) is 4.00. The largest absolute Gasteiger partial charge is 0.367 e. The van der Waals surface area contributed by atoms with Crippen molar-refractivity contribution in [2.45, 2.75) is 32.1 Å². The molecule has 0 bridgehead atoms. The van der Waals surface area contributed by atoms with Crippen molar-refractivity contribution in [3.63, 3.8) is 0 Å². The Bertz CT molecular complexity index is 526. The van der Waals surface area contributed by atoms with Gasteiger partial charge in [0.1, 0.15) is 5.82 Å². The number of alkyl halides is 1. The number of benzene rings is 1. The van der Waals surface area contributed by atoms with Crippen molar-refractivity contribution >= 4 is 28.5 Å². The average molecular weight is 278 g/mol. The SMILES string of the molecule is CCC(CC)C(Cl)CNc1cnc2ccccc2n1. The maximum absolute atomic E-state index is 6.40. The Hall–Kier alpha value is -1.35. The monoisotopic (exact) mass is 277 g/mol. The van der Waals surface area contributed by atoms with E-state index < -0.39 is 0 Å². The highest BCUT2D eigenvalue weighted by molar-refractivity contribution is 6.21. The van der Waals surface area contributed by atoms with Crippen LogP contribution in [0.4, 0.5) is 5.82 Å². The second-order valence-electron chi connectivity index (χ2n) is 4.72. The first-order chi connectivity index (χ1) is 9.24. The number of rotatable bonds is 6. The lowest BCUT2D eigenvalue weighted by atomic mass is 9.99. The molecular weight excluding hydrogens is 258 g/mol. The predicted octanol–water partition coefficient (Wildman–Crippen LogP) is 4.09. The predicted molar refractivity (Wildman–Crippen MR) is 81.7 cm³/mol. The number of nitrogens with one attached hydrogen (secondary N) is 1. The van der Waals surface area contributed by atoms with Crippen LogP contribution in [0.3, 0.4) is 0 Å². The molecule has 2 rings (SSSR count). The van der Waals surface area contributed by atoms with Crippen LogP contribution in [0.2, 0.25) is 0 Å². The Morgan fingerprint density at radius 3 is 2.53 bits per heavy atom. The van der Waals surface area contributed by atoms with Crippen LogP contribution in [-0.4, -0.2) is 21.9 Å². The zero-order valence-electron chi connectivity index (χ0n) is 11.4. The number of aromatic nitrogens is 2. The van der Waals surface area contributed by atoms with E-state index in [1.165, 1.54) is 0 Å². The van der Waals surface area contributed by atoms with Crippen LogP contribution >= 0.6 is 11.6 Å². The van der Waals surface area contributed by atoms with Gasteiger partial charge >= 0.3 is 0 Å². The van der Waals surface area contributed by atoms with Crippen molar-refractivity contribution in [3.05, 3.63) is 30.5 Å². The van der Waals surface area contributed by atoms with Gasteiger partial charge in [0, 0.05) is 6.54 Å². The molecule has 1 atom stereocenters. The zero-order chi connectivity index (χ0) is 13.7. The average Bonchev–Trinajstić information content (AvgIpc) is 2.46. The minimum Gasteiger partial charge on any atom is -0.367 e. The van der Waals surface area contributed by atoms with Gasteiger partial charge in [0.25, 0.3) is 0 Å². The zero-order valence-corrected chi connectivity index (χ0v) is 12.2. The van der Waals surface area contributed by atoms with Crippen LogP contribution in [0.15, 0.2) is 30.5 Å². The summed E-state index contributed by atoms with van der Waals surface area (Å²) in [5.41, 5.74) is 1.82. The third kappa shape index (κ3) is 3.57. The second kappa shape index (κ2) is 6.71. The standard InChI is InChI=1S/C15H20ClN3/c1-3-11(4-2)12(16)9-18-15-10-17-13-7-5-6-8-14(13)19-15/h5-8,10-12H,3-4,9H2,1-2H3,(H,18,19). The van der Waals surface area contributed by atoms with E-state index >= 15 is 0 Å². The molecule has 19 heavy (non-hydrogen) atoms. The van der Waals surface area contributed by atoms with Gasteiger partial charge in [-0.15, -0.1) is 11.6 Å². The molecule has 0 saturated heterocycles. The molecule has 0 aliphatic heterocycles. The lowest BCUT2D eigenvalue weighted by molar-refractivity contribution is 0.475. The Balaban J connectivity index is 2.01. The van der Waals surface area contributed by atoms with Gasteiger partial charge in [-0.1, -0.05) is 38.8 Å². The highest BCUT2D eigenvalue weighted by Gasteiger charge is 2.15. The third-order valence-electron chi connectivity index (χ3n) is 3.49. The summed E-state index contributed by atoms with van der Waals surface area (Å²) in [4.78, 5) is 8.90. The van der Waals surface area contributed by atoms with Crippen LogP contribution in [0.1, 0.15) is 26.7 Å². The van der Waals surface area contributed by atoms with E-state index in [1.807, 2.05) is 24.3 Å². The summed E-state index contributed by atoms with van der Waals surface area (Å²) >= 11 is 6.40. The van der Waals surface area contributed by atoms with Crippen LogP contribution in [0.5, 0.6) is 0 Å². The van der Waals surface area contributed by atoms with Crippen molar-refractivity contribution in [2.75, 3.05) is 11.9 Å². The molecule has 1 heterocycles. The molecule has 1 aromatic carbocycles. The van der Waals surface area contributed by atoms with Gasteiger partial charge in [0.15, 0.2) is 0 Å². The molecular formula is C15H20ClN3. The van der Waals surface area contributed by atoms with Crippen molar-refractivity contribution in [2.24, 2.45) is 5.92 Å². The number of halogens is 1. The maximum atomic E-state index is 6.40. The molecule has 0 fully saturated rings. The highest BCUT2D eigenvalue weighted by Crippen LogP contribution is 2.19. The van der Waals surface area contributed by atoms with Crippen LogP contribution in [0, 0.1) is 5.92 Å². The molecule has 1 aromatic heterocycles. The van der Waals surface area contributed by atoms with Gasteiger partial charge in [-0.25, -0.2) is 4.98 Å². The van der Waals surface area contributed by atoms with E-state index in [2.05, 4.69) is 29.1 Å². The molecule has 0 aliphatic rings. The molecule has 4 heteroatoms. The molecule has 0 amide bonds. The first-order valence-electron chi connectivity index (χ1n) is 6.84. The number of hydrogen-bond acceptors (Lipinski definition) is 3. The van der Waals surface area contributed by atoms with Gasteiger partial charge < -0.3 is 5.32 Å². The molecule has 0 radical (unpaired) electrons. The van der Waals surface area contributed by atoms with Crippen LogP contribution in [-0.2, 0) is 0 Å². The molecule has 0 aliphatic carbocycles. The summed E-state index contributed by atoms with van der Waals surface area (Å²) in [7, 11) is 0. The number of hydrogen-bond donors (Lipinski definition) is 1. The summed E-state index contributed by atoms with van der Waals surface area (Å²) in [5.74, 6) is 1.33. The van der Waals surface area contributed by atoms with E-state index in [9.17, 15) is 0 Å². The number of nitrogens with zero attached hydrogens (tertiary/aromatic N) is 2. The van der Waals surface area contributed by atoms with E-state index in [1.54, 1.807) is 6.20 Å². The Kier molecular flexibility index (Phi) is 4.97. The van der Waals surface area contributed by atoms with Gasteiger partial charge in [-0.3, -0.25) is 4.98 Å². The molecule has 3 nitrogen and oxygen atoms in total. The number of para-hydroxylation sites is 2. The minimum atomic E-state index is 0.128. The maximum Gasteiger partial charge on any atom is 0.145 e. The summed E-state index contributed by atoms with van der Waals surface area (Å²) in [6.45, 7) is 5.08. The molecule has 0 saturated carbocycles. The molecule has 0 spiro atoms. The number of fused-ring (bicyclic) bond motifs is 1. The first-order valence-corrected chi connectivity index (χ1v) is 7.28. The van der Waals surface area contributed by atoms with Gasteiger partial charge in [-0.05, 0) is 18.1 Å². The summed E-state index contributed by atoms with van der Waals surface area (Å²) < 4.78 is 0. The molecule has 1 N–H and O–H groups in total. The van der Waals surface area contributed by atoms with E-state index in [0.29, 0.717) is 5.92 Å². The van der Waals surface area contributed by atoms with Crippen LogP contribution in [0.25, 0.3) is 11.0 Å². The molecule has 2 aromatic rings. The topological polar surface area (TPSA) is 37.8 Å². The quantitative estimate of drug-likeness (QED) is 0.808. The lowest BCUT2D eigenvalue weighted by Gasteiger charge is -2.19.